The summed E-state index contributed by atoms with van der Waals surface area (Å²) >= 11 is 0. The molecule has 2 fully saturated rings. The molecule has 2 saturated carbocycles. The average molecular weight is 156 g/mol. The topological polar surface area (TPSA) is 40.5 Å². The van der Waals surface area contributed by atoms with Crippen molar-refractivity contribution in [3.8, 4) is 0 Å². The number of rotatable bonds is 0. The molecule has 0 amide bonds. The van der Waals surface area contributed by atoms with E-state index in [1.807, 2.05) is 0 Å². The van der Waals surface area contributed by atoms with Crippen molar-refractivity contribution in [2.45, 2.75) is 50.7 Å². The highest BCUT2D eigenvalue weighted by molar-refractivity contribution is 5.00. The van der Waals surface area contributed by atoms with Crippen molar-refractivity contribution in [1.82, 2.24) is 0 Å². The van der Waals surface area contributed by atoms with Gasteiger partial charge in [0.15, 0.2) is 0 Å². The third-order valence-corrected chi connectivity index (χ3v) is 3.57. The molecule has 0 bridgehead atoms. The SMILES string of the molecule is O[C@@H]1CCC[C@]12CCC[C@@H]2O. The second-order valence-electron chi connectivity index (χ2n) is 4.05. The van der Waals surface area contributed by atoms with E-state index in [2.05, 4.69) is 0 Å². The quantitative estimate of drug-likeness (QED) is 0.550. The van der Waals surface area contributed by atoms with Gasteiger partial charge >= 0.3 is 0 Å². The Morgan fingerprint density at radius 1 is 0.909 bits per heavy atom. The smallest absolute Gasteiger partial charge is 0.0621 e. The average Bonchev–Trinajstić information content (AvgIpc) is 2.48. The molecule has 0 aromatic rings. The van der Waals surface area contributed by atoms with Gasteiger partial charge in [0.05, 0.1) is 12.2 Å². The first-order valence-corrected chi connectivity index (χ1v) is 4.62. The van der Waals surface area contributed by atoms with Crippen molar-refractivity contribution in [3.05, 3.63) is 0 Å². The van der Waals surface area contributed by atoms with Gasteiger partial charge in [-0.2, -0.15) is 0 Å². The molecular formula is C9H16O2. The van der Waals surface area contributed by atoms with E-state index in [0.29, 0.717) is 0 Å². The van der Waals surface area contributed by atoms with Gasteiger partial charge in [-0.05, 0) is 25.7 Å². The van der Waals surface area contributed by atoms with Crippen molar-refractivity contribution in [2.75, 3.05) is 0 Å². The zero-order valence-electron chi connectivity index (χ0n) is 6.79. The third kappa shape index (κ3) is 0.926. The van der Waals surface area contributed by atoms with Gasteiger partial charge in [-0.15, -0.1) is 0 Å². The van der Waals surface area contributed by atoms with Crippen LogP contribution < -0.4 is 0 Å². The van der Waals surface area contributed by atoms with E-state index < -0.39 is 0 Å². The van der Waals surface area contributed by atoms with Crippen LogP contribution in [0.5, 0.6) is 0 Å². The van der Waals surface area contributed by atoms with E-state index in [-0.39, 0.29) is 17.6 Å². The van der Waals surface area contributed by atoms with Crippen LogP contribution in [0.4, 0.5) is 0 Å². The van der Waals surface area contributed by atoms with E-state index >= 15 is 0 Å². The summed E-state index contributed by atoms with van der Waals surface area (Å²) in [4.78, 5) is 0. The monoisotopic (exact) mass is 156 g/mol. The molecule has 0 unspecified atom stereocenters. The first kappa shape index (κ1) is 7.56. The second kappa shape index (κ2) is 2.46. The highest BCUT2D eigenvalue weighted by Crippen LogP contribution is 2.50. The summed E-state index contributed by atoms with van der Waals surface area (Å²) in [7, 11) is 0. The molecule has 2 aliphatic rings. The zero-order valence-corrected chi connectivity index (χ0v) is 6.79. The number of hydrogen-bond acceptors (Lipinski definition) is 2. The first-order valence-electron chi connectivity index (χ1n) is 4.62. The fourth-order valence-electron chi connectivity index (χ4n) is 2.84. The first-order chi connectivity index (χ1) is 5.26. The lowest BCUT2D eigenvalue weighted by Crippen LogP contribution is -2.37. The highest BCUT2D eigenvalue weighted by atomic mass is 16.3. The summed E-state index contributed by atoms with van der Waals surface area (Å²) in [5.41, 5.74) is -0.0833. The fourth-order valence-corrected chi connectivity index (χ4v) is 2.84. The lowest BCUT2D eigenvalue weighted by atomic mass is 9.80. The van der Waals surface area contributed by atoms with Crippen molar-refractivity contribution >= 4 is 0 Å². The molecule has 2 rings (SSSR count). The Hall–Kier alpha value is -0.0800. The Labute approximate surface area is 67.2 Å². The van der Waals surface area contributed by atoms with Gasteiger partial charge in [0, 0.05) is 5.41 Å². The predicted molar refractivity (Wildman–Crippen MR) is 42.1 cm³/mol. The lowest BCUT2D eigenvalue weighted by molar-refractivity contribution is -0.0299. The molecule has 0 saturated heterocycles. The zero-order chi connectivity index (χ0) is 7.90. The van der Waals surface area contributed by atoms with E-state index in [1.54, 1.807) is 0 Å². The van der Waals surface area contributed by atoms with Crippen LogP contribution in [0.1, 0.15) is 38.5 Å². The Bertz CT molecular complexity index is 138. The molecule has 2 aliphatic carbocycles. The lowest BCUT2D eigenvalue weighted by Gasteiger charge is -2.31. The molecule has 2 N–H and O–H groups in total. The van der Waals surface area contributed by atoms with Crippen LogP contribution in [0.3, 0.4) is 0 Å². The summed E-state index contributed by atoms with van der Waals surface area (Å²) in [5.74, 6) is 0. The largest absolute Gasteiger partial charge is 0.392 e. The van der Waals surface area contributed by atoms with Gasteiger partial charge < -0.3 is 10.2 Å². The minimum atomic E-state index is -0.222. The van der Waals surface area contributed by atoms with Crippen molar-refractivity contribution in [3.63, 3.8) is 0 Å². The summed E-state index contributed by atoms with van der Waals surface area (Å²) in [5, 5.41) is 19.4. The predicted octanol–water partition coefficient (Wildman–Crippen LogP) is 1.06. The Kier molecular flexibility index (Phi) is 1.69. The van der Waals surface area contributed by atoms with Gasteiger partial charge in [-0.3, -0.25) is 0 Å². The molecule has 3 atom stereocenters. The van der Waals surface area contributed by atoms with E-state index in [0.717, 1.165) is 38.5 Å². The second-order valence-corrected chi connectivity index (χ2v) is 4.05. The Balaban J connectivity index is 2.19. The van der Waals surface area contributed by atoms with E-state index in [4.69, 9.17) is 0 Å². The van der Waals surface area contributed by atoms with Crippen LogP contribution in [0.2, 0.25) is 0 Å². The van der Waals surface area contributed by atoms with Gasteiger partial charge in [-0.25, -0.2) is 0 Å². The summed E-state index contributed by atoms with van der Waals surface area (Å²) in [6.45, 7) is 0. The molecule has 0 aromatic carbocycles. The number of hydrogen-bond donors (Lipinski definition) is 2. The molecule has 0 heterocycles. The molecule has 11 heavy (non-hydrogen) atoms. The van der Waals surface area contributed by atoms with Crippen molar-refractivity contribution in [2.24, 2.45) is 5.41 Å². The van der Waals surface area contributed by atoms with Crippen LogP contribution in [-0.2, 0) is 0 Å². The molecule has 1 spiro atoms. The standard InChI is InChI=1S/C9H16O2/c10-7-3-1-5-9(7)6-2-4-8(9)11/h7-8,10-11H,1-6H2/t7-,8+,9-/m0/s1. The maximum atomic E-state index is 9.69. The fraction of sp³-hybridized carbons (Fsp3) is 1.00. The van der Waals surface area contributed by atoms with Crippen LogP contribution in [0.25, 0.3) is 0 Å². The van der Waals surface area contributed by atoms with Crippen LogP contribution >= 0.6 is 0 Å². The van der Waals surface area contributed by atoms with Gasteiger partial charge in [0.1, 0.15) is 0 Å². The number of aliphatic hydroxyl groups is 2. The summed E-state index contributed by atoms with van der Waals surface area (Å²) < 4.78 is 0. The minimum absolute atomic E-state index is 0.0833. The molecule has 0 aliphatic heterocycles. The van der Waals surface area contributed by atoms with E-state index in [9.17, 15) is 10.2 Å². The van der Waals surface area contributed by atoms with Gasteiger partial charge in [-0.1, -0.05) is 12.8 Å². The summed E-state index contributed by atoms with van der Waals surface area (Å²) in [6, 6.07) is 0. The van der Waals surface area contributed by atoms with Gasteiger partial charge in [0.25, 0.3) is 0 Å². The number of aliphatic hydroxyl groups excluding tert-OH is 2. The molecule has 0 radical (unpaired) electrons. The summed E-state index contributed by atoms with van der Waals surface area (Å²) in [6.07, 6.45) is 5.62. The van der Waals surface area contributed by atoms with Gasteiger partial charge in [0.2, 0.25) is 0 Å². The van der Waals surface area contributed by atoms with Crippen LogP contribution in [0.15, 0.2) is 0 Å². The molecule has 2 heteroatoms. The molecular weight excluding hydrogens is 140 g/mol. The maximum absolute atomic E-state index is 9.69. The normalized spacial score (nSPS) is 50.7. The molecule has 0 aromatic heterocycles. The Morgan fingerprint density at radius 2 is 1.36 bits per heavy atom. The van der Waals surface area contributed by atoms with Crippen molar-refractivity contribution in [1.29, 1.82) is 0 Å². The highest BCUT2D eigenvalue weighted by Gasteiger charge is 2.49. The third-order valence-electron chi connectivity index (χ3n) is 3.57. The Morgan fingerprint density at radius 3 is 1.64 bits per heavy atom. The van der Waals surface area contributed by atoms with E-state index in [1.165, 1.54) is 0 Å². The maximum Gasteiger partial charge on any atom is 0.0621 e. The minimum Gasteiger partial charge on any atom is -0.392 e. The van der Waals surface area contributed by atoms with Crippen molar-refractivity contribution < 1.29 is 10.2 Å². The van der Waals surface area contributed by atoms with Crippen LogP contribution in [0, 0.1) is 5.41 Å². The van der Waals surface area contributed by atoms with Crippen LogP contribution in [-0.4, -0.2) is 22.4 Å². The molecule has 2 nitrogen and oxygen atoms in total. The molecule has 64 valence electrons.